The Hall–Kier alpha value is -1.34. The van der Waals surface area contributed by atoms with Gasteiger partial charge in [0.25, 0.3) is 0 Å². The zero-order valence-corrected chi connectivity index (χ0v) is 13.3. The number of hydrogen-bond donors (Lipinski definition) is 1. The number of carbonyl (C=O) groups excluding carboxylic acids is 1. The lowest BCUT2D eigenvalue weighted by atomic mass is 10.4. The number of hydrogen-bond acceptors (Lipinski definition) is 4. The smallest absolute Gasteiger partial charge is 0.320 e. The molecule has 124 valence electrons. The molecule has 0 aromatic carbocycles. The normalized spacial score (nSPS) is 10.4. The van der Waals surface area contributed by atoms with E-state index in [0.717, 1.165) is 0 Å². The Balaban J connectivity index is 4.50. The third-order valence-electron chi connectivity index (χ3n) is 2.94. The van der Waals surface area contributed by atoms with Gasteiger partial charge in [-0.05, 0) is 20.8 Å². The van der Waals surface area contributed by atoms with Gasteiger partial charge in [-0.1, -0.05) is 0 Å². The predicted molar refractivity (Wildman–Crippen MR) is 79.5 cm³/mol. The van der Waals surface area contributed by atoms with Crippen LogP contribution in [0, 0.1) is 0 Å². The zero-order valence-electron chi connectivity index (χ0n) is 13.3. The van der Waals surface area contributed by atoms with Gasteiger partial charge in [-0.25, -0.2) is 4.79 Å². The van der Waals surface area contributed by atoms with Gasteiger partial charge in [0.05, 0.1) is 19.6 Å². The fourth-order valence-electron chi connectivity index (χ4n) is 1.76. The molecule has 0 saturated carbocycles. The molecule has 0 bridgehead atoms. The van der Waals surface area contributed by atoms with E-state index in [0.29, 0.717) is 46.1 Å². The van der Waals surface area contributed by atoms with Gasteiger partial charge < -0.3 is 24.4 Å². The monoisotopic (exact) mass is 304 g/mol. The van der Waals surface area contributed by atoms with Crippen molar-refractivity contribution in [2.75, 3.05) is 52.6 Å². The lowest BCUT2D eigenvalue weighted by molar-refractivity contribution is -0.137. The fourth-order valence-corrected chi connectivity index (χ4v) is 1.76. The minimum absolute atomic E-state index is 0.0513. The van der Waals surface area contributed by atoms with E-state index in [1.54, 1.807) is 4.90 Å². The van der Waals surface area contributed by atoms with E-state index in [-0.39, 0.29) is 19.0 Å². The Morgan fingerprint density at radius 1 is 0.905 bits per heavy atom. The van der Waals surface area contributed by atoms with Crippen LogP contribution in [0.4, 0.5) is 4.79 Å². The van der Waals surface area contributed by atoms with Crippen LogP contribution in [0.3, 0.4) is 0 Å². The van der Waals surface area contributed by atoms with Gasteiger partial charge >= 0.3 is 12.0 Å². The summed E-state index contributed by atoms with van der Waals surface area (Å²) in [6.45, 7) is 9.41. The van der Waals surface area contributed by atoms with E-state index < -0.39 is 5.97 Å². The van der Waals surface area contributed by atoms with Crippen molar-refractivity contribution in [1.82, 2.24) is 9.80 Å². The standard InChI is InChI=1S/C14H28N2O5/c1-4-15(8-7-13(17)18)14(19)16(9-11-20-5-2)10-12-21-6-3/h4-12H2,1-3H3,(H,17,18). The highest BCUT2D eigenvalue weighted by atomic mass is 16.5. The van der Waals surface area contributed by atoms with E-state index >= 15 is 0 Å². The van der Waals surface area contributed by atoms with Crippen LogP contribution in [-0.4, -0.2) is 79.5 Å². The maximum absolute atomic E-state index is 12.4. The van der Waals surface area contributed by atoms with E-state index in [9.17, 15) is 9.59 Å². The molecular weight excluding hydrogens is 276 g/mol. The second-order valence-corrected chi connectivity index (χ2v) is 4.39. The molecule has 0 unspecified atom stereocenters. The molecule has 0 heterocycles. The first kappa shape index (κ1) is 19.7. The van der Waals surface area contributed by atoms with Crippen molar-refractivity contribution in [1.29, 1.82) is 0 Å². The summed E-state index contributed by atoms with van der Waals surface area (Å²) in [6.07, 6.45) is -0.0513. The molecule has 0 atom stereocenters. The summed E-state index contributed by atoms with van der Waals surface area (Å²) < 4.78 is 10.6. The topological polar surface area (TPSA) is 79.3 Å². The molecule has 21 heavy (non-hydrogen) atoms. The first-order chi connectivity index (χ1) is 10.1. The van der Waals surface area contributed by atoms with Gasteiger partial charge in [0.1, 0.15) is 0 Å². The minimum Gasteiger partial charge on any atom is -0.481 e. The van der Waals surface area contributed by atoms with Crippen LogP contribution in [-0.2, 0) is 14.3 Å². The first-order valence-corrected chi connectivity index (χ1v) is 7.47. The van der Waals surface area contributed by atoms with Crippen LogP contribution in [0.15, 0.2) is 0 Å². The summed E-state index contributed by atoms with van der Waals surface area (Å²) in [4.78, 5) is 26.2. The summed E-state index contributed by atoms with van der Waals surface area (Å²) >= 11 is 0. The first-order valence-electron chi connectivity index (χ1n) is 7.47. The highest BCUT2D eigenvalue weighted by Gasteiger charge is 2.20. The highest BCUT2D eigenvalue weighted by molar-refractivity contribution is 5.75. The second-order valence-electron chi connectivity index (χ2n) is 4.39. The summed E-state index contributed by atoms with van der Waals surface area (Å²) in [5.74, 6) is -0.906. The number of rotatable bonds is 12. The molecule has 1 N–H and O–H groups in total. The molecule has 0 aliphatic rings. The number of carboxylic acids is 1. The van der Waals surface area contributed by atoms with E-state index in [1.807, 2.05) is 20.8 Å². The average molecular weight is 304 g/mol. The molecule has 0 aliphatic carbocycles. The van der Waals surface area contributed by atoms with Crippen molar-refractivity contribution >= 4 is 12.0 Å². The summed E-state index contributed by atoms with van der Waals surface area (Å²) in [5.41, 5.74) is 0. The number of amides is 2. The third-order valence-corrected chi connectivity index (χ3v) is 2.94. The molecule has 0 aromatic heterocycles. The van der Waals surface area contributed by atoms with Crippen molar-refractivity contribution < 1.29 is 24.2 Å². The second kappa shape index (κ2) is 12.4. The number of nitrogens with zero attached hydrogens (tertiary/aromatic N) is 2. The van der Waals surface area contributed by atoms with Crippen molar-refractivity contribution in [3.05, 3.63) is 0 Å². The van der Waals surface area contributed by atoms with Gasteiger partial charge in [0.2, 0.25) is 0 Å². The molecule has 0 rings (SSSR count). The molecular formula is C14H28N2O5. The van der Waals surface area contributed by atoms with Crippen LogP contribution in [0.2, 0.25) is 0 Å². The number of urea groups is 1. The van der Waals surface area contributed by atoms with Crippen LogP contribution in [0.1, 0.15) is 27.2 Å². The maximum Gasteiger partial charge on any atom is 0.320 e. The number of aliphatic carboxylic acids is 1. The minimum atomic E-state index is -0.906. The van der Waals surface area contributed by atoms with Crippen LogP contribution < -0.4 is 0 Å². The van der Waals surface area contributed by atoms with Gasteiger partial charge in [0, 0.05) is 39.4 Å². The number of carbonyl (C=O) groups is 2. The fraction of sp³-hybridized carbons (Fsp3) is 0.857. The maximum atomic E-state index is 12.4. The van der Waals surface area contributed by atoms with Gasteiger partial charge in [-0.3, -0.25) is 4.79 Å². The predicted octanol–water partition coefficient (Wildman–Crippen LogP) is 1.28. The average Bonchev–Trinajstić information content (AvgIpc) is 2.46. The van der Waals surface area contributed by atoms with Crippen molar-refractivity contribution in [3.63, 3.8) is 0 Å². The molecule has 2 amide bonds. The Morgan fingerprint density at radius 3 is 1.81 bits per heavy atom. The van der Waals surface area contributed by atoms with E-state index in [2.05, 4.69) is 0 Å². The molecule has 7 nitrogen and oxygen atoms in total. The quantitative estimate of drug-likeness (QED) is 0.549. The molecule has 0 spiro atoms. The number of ether oxygens (including phenoxy) is 2. The largest absolute Gasteiger partial charge is 0.481 e. The SMILES string of the molecule is CCOCCN(CCOCC)C(=O)N(CC)CCC(=O)O. The van der Waals surface area contributed by atoms with Crippen LogP contribution in [0.5, 0.6) is 0 Å². The number of carboxylic acid groups (broad SMARTS) is 1. The van der Waals surface area contributed by atoms with Crippen molar-refractivity contribution in [2.24, 2.45) is 0 Å². The van der Waals surface area contributed by atoms with Gasteiger partial charge in [0.15, 0.2) is 0 Å². The van der Waals surface area contributed by atoms with Gasteiger partial charge in [-0.15, -0.1) is 0 Å². The highest BCUT2D eigenvalue weighted by Crippen LogP contribution is 2.02. The lowest BCUT2D eigenvalue weighted by Gasteiger charge is -2.29. The Labute approximate surface area is 126 Å². The van der Waals surface area contributed by atoms with Crippen LogP contribution in [0.25, 0.3) is 0 Å². The summed E-state index contributed by atoms with van der Waals surface area (Å²) in [6, 6.07) is -0.168. The van der Waals surface area contributed by atoms with E-state index in [4.69, 9.17) is 14.6 Å². The molecule has 0 fully saturated rings. The Morgan fingerprint density at radius 2 is 1.43 bits per heavy atom. The Kier molecular flexibility index (Phi) is 11.6. The van der Waals surface area contributed by atoms with Crippen molar-refractivity contribution in [2.45, 2.75) is 27.2 Å². The summed E-state index contributed by atoms with van der Waals surface area (Å²) in [7, 11) is 0. The van der Waals surface area contributed by atoms with Crippen LogP contribution >= 0.6 is 0 Å². The summed E-state index contributed by atoms with van der Waals surface area (Å²) in [5, 5.41) is 8.73. The van der Waals surface area contributed by atoms with Gasteiger partial charge in [-0.2, -0.15) is 0 Å². The molecule has 0 aliphatic heterocycles. The lowest BCUT2D eigenvalue weighted by Crippen LogP contribution is -2.46. The zero-order chi connectivity index (χ0) is 16.1. The molecule has 0 radical (unpaired) electrons. The van der Waals surface area contributed by atoms with Crippen molar-refractivity contribution in [3.8, 4) is 0 Å². The molecule has 7 heteroatoms. The molecule has 0 aromatic rings. The Bertz CT molecular complexity index is 289. The third kappa shape index (κ3) is 9.25. The molecule has 0 saturated heterocycles. The van der Waals surface area contributed by atoms with E-state index in [1.165, 1.54) is 4.90 Å².